The summed E-state index contributed by atoms with van der Waals surface area (Å²) >= 11 is 0. The SMILES string of the molecule is Nc1ccc(Oc2ccnc(N)c2C2NCCCO2)c(F)c1. The predicted molar refractivity (Wildman–Crippen MR) is 80.8 cm³/mol. The minimum absolute atomic E-state index is 0.0665. The van der Waals surface area contributed by atoms with E-state index in [9.17, 15) is 4.39 Å². The van der Waals surface area contributed by atoms with Gasteiger partial charge in [-0.25, -0.2) is 9.37 Å². The second-order valence-corrected chi connectivity index (χ2v) is 4.96. The van der Waals surface area contributed by atoms with E-state index in [1.165, 1.54) is 18.3 Å². The first-order valence-corrected chi connectivity index (χ1v) is 6.97. The number of hydrogen-bond donors (Lipinski definition) is 3. The van der Waals surface area contributed by atoms with Crippen molar-refractivity contribution in [2.24, 2.45) is 0 Å². The molecule has 0 radical (unpaired) electrons. The third-order valence-electron chi connectivity index (χ3n) is 3.35. The Hall–Kier alpha value is -2.38. The Morgan fingerprint density at radius 2 is 2.14 bits per heavy atom. The van der Waals surface area contributed by atoms with Crippen LogP contribution in [-0.2, 0) is 4.74 Å². The van der Waals surface area contributed by atoms with Crippen molar-refractivity contribution in [3.8, 4) is 11.5 Å². The van der Waals surface area contributed by atoms with Crippen LogP contribution in [-0.4, -0.2) is 18.1 Å². The van der Waals surface area contributed by atoms with Gasteiger partial charge in [-0.05, 0) is 24.6 Å². The molecular weight excluding hydrogens is 287 g/mol. The first-order valence-electron chi connectivity index (χ1n) is 6.97. The Labute approximate surface area is 127 Å². The van der Waals surface area contributed by atoms with E-state index in [-0.39, 0.29) is 11.6 Å². The molecule has 7 heteroatoms. The van der Waals surface area contributed by atoms with Gasteiger partial charge in [0.25, 0.3) is 0 Å². The fourth-order valence-corrected chi connectivity index (χ4v) is 2.29. The lowest BCUT2D eigenvalue weighted by atomic mass is 10.1. The number of halogens is 1. The number of pyridine rings is 1. The number of anilines is 2. The van der Waals surface area contributed by atoms with Gasteiger partial charge < -0.3 is 20.9 Å². The molecule has 0 spiro atoms. The van der Waals surface area contributed by atoms with E-state index in [0.29, 0.717) is 23.6 Å². The highest BCUT2D eigenvalue weighted by molar-refractivity contribution is 5.52. The standard InChI is InChI=1S/C15H17FN4O2/c16-10-8-9(17)2-3-11(10)22-12-4-6-19-14(18)13(12)15-20-5-1-7-21-15/h2-4,6,8,15,20H,1,5,7,17H2,(H2,18,19). The van der Waals surface area contributed by atoms with Crippen LogP contribution in [0.25, 0.3) is 0 Å². The average Bonchev–Trinajstić information content (AvgIpc) is 2.51. The van der Waals surface area contributed by atoms with E-state index in [2.05, 4.69) is 10.3 Å². The van der Waals surface area contributed by atoms with Gasteiger partial charge in [-0.3, -0.25) is 5.32 Å². The molecule has 2 aromatic rings. The van der Waals surface area contributed by atoms with Gasteiger partial charge in [0.05, 0.1) is 12.2 Å². The number of nitrogen functional groups attached to an aromatic ring is 2. The highest BCUT2D eigenvalue weighted by Crippen LogP contribution is 2.35. The monoisotopic (exact) mass is 304 g/mol. The van der Waals surface area contributed by atoms with E-state index < -0.39 is 12.0 Å². The number of hydrogen-bond acceptors (Lipinski definition) is 6. The van der Waals surface area contributed by atoms with Gasteiger partial charge in [0.15, 0.2) is 11.6 Å². The lowest BCUT2D eigenvalue weighted by Crippen LogP contribution is -2.32. The summed E-state index contributed by atoms with van der Waals surface area (Å²) in [5.74, 6) is 0.207. The van der Waals surface area contributed by atoms with Gasteiger partial charge in [-0.1, -0.05) is 0 Å². The number of nitrogens with zero attached hydrogens (tertiary/aromatic N) is 1. The lowest BCUT2D eigenvalue weighted by Gasteiger charge is -2.26. The summed E-state index contributed by atoms with van der Waals surface area (Å²) < 4.78 is 25.2. The highest BCUT2D eigenvalue weighted by Gasteiger charge is 2.23. The zero-order valence-electron chi connectivity index (χ0n) is 11.9. The minimum Gasteiger partial charge on any atom is -0.454 e. The van der Waals surface area contributed by atoms with Gasteiger partial charge >= 0.3 is 0 Å². The van der Waals surface area contributed by atoms with Crippen LogP contribution in [0.5, 0.6) is 11.5 Å². The van der Waals surface area contributed by atoms with Crippen molar-refractivity contribution in [2.75, 3.05) is 24.6 Å². The number of ether oxygens (including phenoxy) is 2. The number of nitrogens with two attached hydrogens (primary N) is 2. The quantitative estimate of drug-likeness (QED) is 0.752. The third kappa shape index (κ3) is 2.95. The molecule has 1 aromatic carbocycles. The third-order valence-corrected chi connectivity index (χ3v) is 3.35. The molecule has 6 nitrogen and oxygen atoms in total. The van der Waals surface area contributed by atoms with Gasteiger partial charge in [-0.15, -0.1) is 0 Å². The minimum atomic E-state index is -0.543. The first-order chi connectivity index (χ1) is 10.6. The molecule has 1 unspecified atom stereocenters. The second kappa shape index (κ2) is 6.17. The van der Waals surface area contributed by atoms with Crippen molar-refractivity contribution >= 4 is 11.5 Å². The second-order valence-electron chi connectivity index (χ2n) is 4.96. The van der Waals surface area contributed by atoms with Crippen molar-refractivity contribution in [1.82, 2.24) is 10.3 Å². The highest BCUT2D eigenvalue weighted by atomic mass is 19.1. The zero-order chi connectivity index (χ0) is 15.5. The van der Waals surface area contributed by atoms with E-state index in [0.717, 1.165) is 13.0 Å². The molecule has 1 atom stereocenters. The van der Waals surface area contributed by atoms with E-state index in [1.807, 2.05) is 0 Å². The van der Waals surface area contributed by atoms with Crippen molar-refractivity contribution in [3.05, 3.63) is 41.8 Å². The normalized spacial score (nSPS) is 18.1. The Kier molecular flexibility index (Phi) is 4.08. The number of benzene rings is 1. The van der Waals surface area contributed by atoms with Crippen molar-refractivity contribution in [2.45, 2.75) is 12.6 Å². The zero-order valence-corrected chi connectivity index (χ0v) is 11.9. The van der Waals surface area contributed by atoms with Crippen LogP contribution in [0.4, 0.5) is 15.9 Å². The molecule has 0 amide bonds. The summed E-state index contributed by atoms with van der Waals surface area (Å²) in [4.78, 5) is 4.06. The molecule has 1 saturated heterocycles. The molecule has 0 bridgehead atoms. The molecular formula is C15H17FN4O2. The maximum atomic E-state index is 13.9. The van der Waals surface area contributed by atoms with E-state index in [4.69, 9.17) is 20.9 Å². The van der Waals surface area contributed by atoms with Crippen molar-refractivity contribution < 1.29 is 13.9 Å². The lowest BCUT2D eigenvalue weighted by molar-refractivity contribution is -0.00110. The van der Waals surface area contributed by atoms with Gasteiger partial charge in [0, 0.05) is 24.5 Å². The van der Waals surface area contributed by atoms with Crippen LogP contribution in [0.2, 0.25) is 0 Å². The summed E-state index contributed by atoms with van der Waals surface area (Å²) in [6.45, 7) is 1.41. The maximum Gasteiger partial charge on any atom is 0.167 e. The first kappa shape index (κ1) is 14.6. The molecule has 5 N–H and O–H groups in total. The molecule has 0 aliphatic carbocycles. The maximum absolute atomic E-state index is 13.9. The largest absolute Gasteiger partial charge is 0.454 e. The molecule has 1 aromatic heterocycles. The topological polar surface area (TPSA) is 95.4 Å². The Balaban J connectivity index is 1.94. The van der Waals surface area contributed by atoms with E-state index in [1.54, 1.807) is 12.1 Å². The van der Waals surface area contributed by atoms with Crippen molar-refractivity contribution in [1.29, 1.82) is 0 Å². The van der Waals surface area contributed by atoms with Crippen molar-refractivity contribution in [3.63, 3.8) is 0 Å². The van der Waals surface area contributed by atoms with Gasteiger partial charge in [-0.2, -0.15) is 0 Å². The summed E-state index contributed by atoms with van der Waals surface area (Å²) in [6.07, 6.45) is 2.00. The molecule has 22 heavy (non-hydrogen) atoms. The summed E-state index contributed by atoms with van der Waals surface area (Å²) in [6, 6.07) is 5.87. The van der Waals surface area contributed by atoms with Crippen LogP contribution in [0, 0.1) is 5.82 Å². The molecule has 116 valence electrons. The summed E-state index contributed by atoms with van der Waals surface area (Å²) in [7, 11) is 0. The number of aromatic nitrogens is 1. The smallest absolute Gasteiger partial charge is 0.167 e. The fraction of sp³-hybridized carbons (Fsp3) is 0.267. The van der Waals surface area contributed by atoms with Crippen LogP contribution >= 0.6 is 0 Å². The summed E-state index contributed by atoms with van der Waals surface area (Å²) in [5, 5.41) is 3.19. The predicted octanol–water partition coefficient (Wildman–Crippen LogP) is 2.19. The Bertz CT molecular complexity index is 675. The Morgan fingerprint density at radius 1 is 1.27 bits per heavy atom. The molecule has 3 rings (SSSR count). The van der Waals surface area contributed by atoms with E-state index >= 15 is 0 Å². The van der Waals surface area contributed by atoms with Crippen LogP contribution in [0.15, 0.2) is 30.5 Å². The van der Waals surface area contributed by atoms with Crippen LogP contribution in [0.1, 0.15) is 18.2 Å². The molecule has 1 aliphatic heterocycles. The molecule has 1 fully saturated rings. The van der Waals surface area contributed by atoms with Crippen LogP contribution in [0.3, 0.4) is 0 Å². The molecule has 0 saturated carbocycles. The molecule has 2 heterocycles. The number of nitrogens with one attached hydrogen (secondary N) is 1. The number of rotatable bonds is 3. The van der Waals surface area contributed by atoms with Gasteiger partial charge in [0.2, 0.25) is 0 Å². The summed E-state index contributed by atoms with van der Waals surface area (Å²) in [5.41, 5.74) is 12.4. The average molecular weight is 304 g/mol. The fourth-order valence-electron chi connectivity index (χ4n) is 2.29. The van der Waals surface area contributed by atoms with Gasteiger partial charge in [0.1, 0.15) is 17.8 Å². The van der Waals surface area contributed by atoms with Crippen LogP contribution < -0.4 is 21.5 Å². The Morgan fingerprint density at radius 3 is 2.86 bits per heavy atom. The molecule has 1 aliphatic rings.